The Hall–Kier alpha value is -2.88. The number of ether oxygens (including phenoxy) is 1. The molecule has 0 atom stereocenters. The highest BCUT2D eigenvalue weighted by molar-refractivity contribution is 5.85. The second-order valence-electron chi connectivity index (χ2n) is 8.21. The van der Waals surface area contributed by atoms with Gasteiger partial charge in [-0.05, 0) is 48.6 Å². The van der Waals surface area contributed by atoms with E-state index in [-0.39, 0.29) is 6.10 Å². The summed E-state index contributed by atoms with van der Waals surface area (Å²) in [5.41, 5.74) is 2.06. The summed E-state index contributed by atoms with van der Waals surface area (Å²) >= 11 is 0. The third-order valence-corrected chi connectivity index (χ3v) is 6.29. The smallest absolute Gasteiger partial charge is 0.225 e. The average Bonchev–Trinajstić information content (AvgIpc) is 2.73. The normalized spacial score (nSPS) is 17.9. The maximum atomic E-state index is 12.4. The molecule has 0 N–H and O–H groups in total. The zero-order valence-corrected chi connectivity index (χ0v) is 16.6. The zero-order chi connectivity index (χ0) is 19.6. The topological polar surface area (TPSA) is 42.4 Å². The van der Waals surface area contributed by atoms with Crippen LogP contribution in [0.15, 0.2) is 60.8 Å². The molecular weight excluding hydrogens is 360 g/mol. The van der Waals surface area contributed by atoms with Crippen LogP contribution in [0.5, 0.6) is 5.75 Å². The molecule has 5 rings (SSSR count). The number of fused-ring (bicyclic) bond motifs is 1. The van der Waals surface area contributed by atoms with Crippen molar-refractivity contribution in [1.29, 1.82) is 0 Å². The second-order valence-corrected chi connectivity index (χ2v) is 8.21. The van der Waals surface area contributed by atoms with Gasteiger partial charge in [0.25, 0.3) is 0 Å². The van der Waals surface area contributed by atoms with Gasteiger partial charge >= 0.3 is 0 Å². The molecule has 4 heteroatoms. The summed E-state index contributed by atoms with van der Waals surface area (Å²) < 4.78 is 6.19. The lowest BCUT2D eigenvalue weighted by molar-refractivity contribution is -0.140. The molecule has 2 aliphatic rings. The summed E-state index contributed by atoms with van der Waals surface area (Å²) in [4.78, 5) is 19.0. The summed E-state index contributed by atoms with van der Waals surface area (Å²) in [5.74, 6) is 1.55. The molecular formula is C25H26N2O2. The van der Waals surface area contributed by atoms with Gasteiger partial charge in [-0.2, -0.15) is 0 Å². The number of benzene rings is 2. The largest absolute Gasteiger partial charge is 0.490 e. The van der Waals surface area contributed by atoms with Gasteiger partial charge in [0.1, 0.15) is 11.9 Å². The Kier molecular flexibility index (Phi) is 4.92. The number of piperidine rings is 1. The van der Waals surface area contributed by atoms with Crippen LogP contribution in [0.1, 0.15) is 32.1 Å². The van der Waals surface area contributed by atoms with E-state index in [9.17, 15) is 4.79 Å². The van der Waals surface area contributed by atoms with Crippen molar-refractivity contribution in [2.75, 3.05) is 13.1 Å². The average molecular weight is 386 g/mol. The van der Waals surface area contributed by atoms with Crippen LogP contribution in [0.25, 0.3) is 22.0 Å². The maximum Gasteiger partial charge on any atom is 0.225 e. The van der Waals surface area contributed by atoms with Crippen LogP contribution in [0.2, 0.25) is 0 Å². The maximum absolute atomic E-state index is 12.4. The molecule has 2 heterocycles. The van der Waals surface area contributed by atoms with Crippen LogP contribution in [-0.2, 0) is 4.79 Å². The minimum Gasteiger partial charge on any atom is -0.490 e. The van der Waals surface area contributed by atoms with E-state index in [1.807, 2.05) is 35.4 Å². The van der Waals surface area contributed by atoms with Crippen molar-refractivity contribution in [1.82, 2.24) is 9.88 Å². The summed E-state index contributed by atoms with van der Waals surface area (Å²) in [6.45, 7) is 1.64. The fraction of sp³-hybridized carbons (Fsp3) is 0.360. The molecule has 1 saturated heterocycles. The van der Waals surface area contributed by atoms with Crippen molar-refractivity contribution in [2.24, 2.45) is 5.92 Å². The third-order valence-electron chi connectivity index (χ3n) is 6.29. The Morgan fingerprint density at radius 3 is 2.34 bits per heavy atom. The van der Waals surface area contributed by atoms with Gasteiger partial charge in [-0.1, -0.05) is 30.7 Å². The molecule has 0 bridgehead atoms. The lowest BCUT2D eigenvalue weighted by Gasteiger charge is -2.36. The minimum atomic E-state index is 0.185. The molecule has 29 heavy (non-hydrogen) atoms. The SMILES string of the molecule is O=C(C1CCC1)N1CCC(Oc2ccc(-c3cc4ccccc4cn3)cc2)CC1. The number of amides is 1. The number of nitrogens with zero attached hydrogens (tertiary/aromatic N) is 2. The van der Waals surface area contributed by atoms with Crippen molar-refractivity contribution in [2.45, 2.75) is 38.2 Å². The van der Waals surface area contributed by atoms with E-state index in [2.05, 4.69) is 35.3 Å². The van der Waals surface area contributed by atoms with E-state index in [1.165, 1.54) is 11.8 Å². The fourth-order valence-corrected chi connectivity index (χ4v) is 4.25. The van der Waals surface area contributed by atoms with Crippen molar-refractivity contribution in [3.63, 3.8) is 0 Å². The number of carbonyl (C=O) groups is 1. The van der Waals surface area contributed by atoms with E-state index in [0.29, 0.717) is 11.8 Å². The second kappa shape index (κ2) is 7.86. The number of rotatable bonds is 4. The predicted molar refractivity (Wildman–Crippen MR) is 115 cm³/mol. The van der Waals surface area contributed by atoms with E-state index >= 15 is 0 Å². The number of likely N-dealkylation sites (tertiary alicyclic amines) is 1. The van der Waals surface area contributed by atoms with Gasteiger partial charge in [0.15, 0.2) is 0 Å². The number of hydrogen-bond donors (Lipinski definition) is 0. The molecule has 3 aromatic rings. The Morgan fingerprint density at radius 2 is 1.66 bits per heavy atom. The molecule has 0 spiro atoms. The van der Waals surface area contributed by atoms with Crippen LogP contribution in [0.4, 0.5) is 0 Å². The van der Waals surface area contributed by atoms with Crippen LogP contribution in [0, 0.1) is 5.92 Å². The van der Waals surface area contributed by atoms with Crippen molar-refractivity contribution in [3.8, 4) is 17.0 Å². The fourth-order valence-electron chi connectivity index (χ4n) is 4.25. The number of pyridine rings is 1. The molecule has 1 aromatic heterocycles. The van der Waals surface area contributed by atoms with Gasteiger partial charge in [0.2, 0.25) is 5.91 Å². The van der Waals surface area contributed by atoms with Crippen LogP contribution in [0.3, 0.4) is 0 Å². The molecule has 2 aromatic carbocycles. The van der Waals surface area contributed by atoms with Crippen molar-refractivity contribution >= 4 is 16.7 Å². The van der Waals surface area contributed by atoms with Gasteiger partial charge in [-0.3, -0.25) is 9.78 Å². The Labute approximate surface area is 171 Å². The molecule has 1 amide bonds. The van der Waals surface area contributed by atoms with Gasteiger partial charge in [-0.25, -0.2) is 0 Å². The quantitative estimate of drug-likeness (QED) is 0.628. The molecule has 0 unspecified atom stereocenters. The number of aromatic nitrogens is 1. The van der Waals surface area contributed by atoms with Gasteiger partial charge in [-0.15, -0.1) is 0 Å². The molecule has 1 aliphatic heterocycles. The van der Waals surface area contributed by atoms with Crippen LogP contribution < -0.4 is 4.74 Å². The molecule has 1 saturated carbocycles. The summed E-state index contributed by atoms with van der Waals surface area (Å²) in [6, 6.07) is 18.6. The zero-order valence-electron chi connectivity index (χ0n) is 16.6. The van der Waals surface area contributed by atoms with E-state index in [1.54, 1.807) is 0 Å². The summed E-state index contributed by atoms with van der Waals surface area (Å²) in [6.07, 6.45) is 7.29. The van der Waals surface area contributed by atoms with E-state index in [4.69, 9.17) is 4.74 Å². The Morgan fingerprint density at radius 1 is 0.931 bits per heavy atom. The summed E-state index contributed by atoms with van der Waals surface area (Å²) in [7, 11) is 0. The lowest BCUT2D eigenvalue weighted by Crippen LogP contribution is -2.45. The highest BCUT2D eigenvalue weighted by Crippen LogP contribution is 2.30. The van der Waals surface area contributed by atoms with E-state index in [0.717, 1.165) is 61.2 Å². The van der Waals surface area contributed by atoms with E-state index < -0.39 is 0 Å². The molecule has 2 fully saturated rings. The Balaban J connectivity index is 1.20. The third kappa shape index (κ3) is 3.84. The lowest BCUT2D eigenvalue weighted by atomic mass is 9.84. The number of carbonyl (C=O) groups excluding carboxylic acids is 1. The highest BCUT2D eigenvalue weighted by Gasteiger charge is 2.32. The van der Waals surface area contributed by atoms with Gasteiger partial charge in [0, 0.05) is 49.0 Å². The molecule has 0 radical (unpaired) electrons. The first kappa shape index (κ1) is 18.2. The highest BCUT2D eigenvalue weighted by atomic mass is 16.5. The van der Waals surface area contributed by atoms with Crippen LogP contribution in [-0.4, -0.2) is 35.0 Å². The van der Waals surface area contributed by atoms with Crippen molar-refractivity contribution in [3.05, 3.63) is 60.8 Å². The number of hydrogen-bond acceptors (Lipinski definition) is 3. The minimum absolute atomic E-state index is 0.185. The Bertz CT molecular complexity index is 1000. The molecule has 1 aliphatic carbocycles. The van der Waals surface area contributed by atoms with Gasteiger partial charge in [0.05, 0.1) is 5.69 Å². The summed E-state index contributed by atoms with van der Waals surface area (Å²) in [5, 5.41) is 2.35. The molecule has 4 nitrogen and oxygen atoms in total. The molecule has 148 valence electrons. The standard InChI is InChI=1S/C25H26N2O2/c28-25(19-6-3-7-19)27-14-12-23(13-15-27)29-22-10-8-18(9-11-22)24-16-20-4-1-2-5-21(20)17-26-24/h1-2,4-5,8-11,16-17,19,23H,3,6-7,12-15H2. The first-order valence-corrected chi connectivity index (χ1v) is 10.7. The monoisotopic (exact) mass is 386 g/mol. The first-order valence-electron chi connectivity index (χ1n) is 10.7. The van der Waals surface area contributed by atoms with Crippen molar-refractivity contribution < 1.29 is 9.53 Å². The first-order chi connectivity index (χ1) is 14.3. The van der Waals surface area contributed by atoms with Gasteiger partial charge < -0.3 is 9.64 Å². The van der Waals surface area contributed by atoms with Crippen LogP contribution >= 0.6 is 0 Å². The predicted octanol–water partition coefficient (Wildman–Crippen LogP) is 5.07.